The standard InChI is InChI=1S/C32H32N6O2/c1-31(2,3)35-29(39)28(34-30(40)32(17-18-32)25-7-5-4-6-8-25)19-26-21-38(37-36-26)27-15-13-24(14-16-27)23-11-9-22(20-33)10-12-23/h4-16,21,28H,17-19H2,1-3H3,(H,34,40)(H,35,39). The molecule has 202 valence electrons. The molecule has 0 spiro atoms. The van der Waals surface area contributed by atoms with E-state index in [1.165, 1.54) is 0 Å². The van der Waals surface area contributed by atoms with Crippen LogP contribution < -0.4 is 10.6 Å². The molecular weight excluding hydrogens is 500 g/mol. The van der Waals surface area contributed by atoms with Gasteiger partial charge >= 0.3 is 0 Å². The monoisotopic (exact) mass is 532 g/mol. The molecule has 8 nitrogen and oxygen atoms in total. The summed E-state index contributed by atoms with van der Waals surface area (Å²) in [6, 6.07) is 26.3. The van der Waals surface area contributed by atoms with Crippen molar-refractivity contribution in [3.8, 4) is 22.9 Å². The van der Waals surface area contributed by atoms with Gasteiger partial charge in [0.15, 0.2) is 0 Å². The van der Waals surface area contributed by atoms with Gasteiger partial charge in [0.05, 0.1) is 34.6 Å². The van der Waals surface area contributed by atoms with Gasteiger partial charge in [0.2, 0.25) is 11.8 Å². The van der Waals surface area contributed by atoms with E-state index in [2.05, 4.69) is 27.0 Å². The van der Waals surface area contributed by atoms with Gasteiger partial charge in [0.1, 0.15) is 6.04 Å². The van der Waals surface area contributed by atoms with Crippen molar-refractivity contribution in [3.05, 3.63) is 102 Å². The molecule has 0 saturated heterocycles. The summed E-state index contributed by atoms with van der Waals surface area (Å²) < 4.78 is 1.66. The van der Waals surface area contributed by atoms with E-state index in [-0.39, 0.29) is 18.2 Å². The van der Waals surface area contributed by atoms with Crippen molar-refractivity contribution >= 4 is 11.8 Å². The van der Waals surface area contributed by atoms with E-state index in [9.17, 15) is 9.59 Å². The van der Waals surface area contributed by atoms with Gasteiger partial charge in [-0.05, 0) is 74.6 Å². The van der Waals surface area contributed by atoms with E-state index >= 15 is 0 Å². The number of hydrogen-bond donors (Lipinski definition) is 2. The fraction of sp³-hybridized carbons (Fsp3) is 0.281. The van der Waals surface area contributed by atoms with Crippen LogP contribution in [0.4, 0.5) is 0 Å². The summed E-state index contributed by atoms with van der Waals surface area (Å²) in [5, 5.41) is 23.6. The molecule has 1 aliphatic rings. The van der Waals surface area contributed by atoms with Gasteiger partial charge in [-0.25, -0.2) is 4.68 Å². The van der Waals surface area contributed by atoms with Crippen LogP contribution in [-0.4, -0.2) is 38.4 Å². The first-order valence-electron chi connectivity index (χ1n) is 13.4. The molecule has 1 unspecified atom stereocenters. The molecule has 1 atom stereocenters. The first-order chi connectivity index (χ1) is 19.2. The normalized spacial score (nSPS) is 14.6. The lowest BCUT2D eigenvalue weighted by molar-refractivity contribution is -0.131. The molecule has 1 heterocycles. The van der Waals surface area contributed by atoms with Crippen LogP contribution in [0.5, 0.6) is 0 Å². The second-order valence-corrected chi connectivity index (χ2v) is 11.3. The topological polar surface area (TPSA) is 113 Å². The highest BCUT2D eigenvalue weighted by molar-refractivity contribution is 5.95. The minimum atomic E-state index is -0.795. The summed E-state index contributed by atoms with van der Waals surface area (Å²) in [5.74, 6) is -0.399. The smallest absolute Gasteiger partial charge is 0.243 e. The molecule has 1 saturated carbocycles. The second-order valence-electron chi connectivity index (χ2n) is 11.3. The first-order valence-corrected chi connectivity index (χ1v) is 13.4. The fourth-order valence-corrected chi connectivity index (χ4v) is 4.76. The minimum Gasteiger partial charge on any atom is -0.350 e. The number of amides is 2. The molecule has 2 amide bonds. The Bertz CT molecular complexity index is 1540. The predicted octanol–water partition coefficient (Wildman–Crippen LogP) is 4.48. The van der Waals surface area contributed by atoms with Crippen LogP contribution in [0.3, 0.4) is 0 Å². The van der Waals surface area contributed by atoms with Crippen LogP contribution in [0.25, 0.3) is 16.8 Å². The van der Waals surface area contributed by atoms with Crippen molar-refractivity contribution in [2.45, 2.75) is 57.0 Å². The zero-order valence-corrected chi connectivity index (χ0v) is 22.9. The first kappa shape index (κ1) is 26.8. The van der Waals surface area contributed by atoms with E-state index in [4.69, 9.17) is 5.26 Å². The number of hydrogen-bond acceptors (Lipinski definition) is 5. The number of benzene rings is 3. The van der Waals surface area contributed by atoms with Crippen molar-refractivity contribution in [1.29, 1.82) is 5.26 Å². The number of rotatable bonds is 8. The summed E-state index contributed by atoms with van der Waals surface area (Å²) in [4.78, 5) is 26.7. The minimum absolute atomic E-state index is 0.140. The molecule has 5 rings (SSSR count). The molecular formula is C32H32N6O2. The van der Waals surface area contributed by atoms with Crippen molar-refractivity contribution in [1.82, 2.24) is 25.6 Å². The summed E-state index contributed by atoms with van der Waals surface area (Å²) >= 11 is 0. The maximum Gasteiger partial charge on any atom is 0.243 e. The number of carbonyl (C=O) groups excluding carboxylic acids is 2. The van der Waals surface area contributed by atoms with Gasteiger partial charge in [-0.3, -0.25) is 9.59 Å². The number of aromatic nitrogens is 3. The number of carbonyl (C=O) groups is 2. The van der Waals surface area contributed by atoms with E-state index in [0.29, 0.717) is 11.3 Å². The molecule has 8 heteroatoms. The largest absolute Gasteiger partial charge is 0.350 e. The molecule has 1 fully saturated rings. The van der Waals surface area contributed by atoms with Gasteiger partial charge in [0, 0.05) is 12.0 Å². The van der Waals surface area contributed by atoms with Crippen molar-refractivity contribution in [2.75, 3.05) is 0 Å². The highest BCUT2D eigenvalue weighted by atomic mass is 16.2. The number of nitriles is 1. The summed E-state index contributed by atoms with van der Waals surface area (Å²) in [6.07, 6.45) is 3.50. The van der Waals surface area contributed by atoms with Crippen LogP contribution in [0.2, 0.25) is 0 Å². The molecule has 2 N–H and O–H groups in total. The number of nitrogens with zero attached hydrogens (tertiary/aromatic N) is 4. The predicted molar refractivity (Wildman–Crippen MR) is 152 cm³/mol. The molecule has 0 radical (unpaired) electrons. The summed E-state index contributed by atoms with van der Waals surface area (Å²) in [7, 11) is 0. The van der Waals surface area contributed by atoms with Crippen LogP contribution in [-0.2, 0) is 21.4 Å². The lowest BCUT2D eigenvalue weighted by Gasteiger charge is -2.26. The Balaban J connectivity index is 1.32. The molecule has 40 heavy (non-hydrogen) atoms. The van der Waals surface area contributed by atoms with E-state index in [0.717, 1.165) is 35.2 Å². The van der Waals surface area contributed by atoms with Crippen LogP contribution in [0.1, 0.15) is 50.4 Å². The summed E-state index contributed by atoms with van der Waals surface area (Å²) in [6.45, 7) is 5.73. The lowest BCUT2D eigenvalue weighted by Crippen LogP contribution is -2.54. The maximum absolute atomic E-state index is 13.5. The third kappa shape index (κ3) is 5.94. The van der Waals surface area contributed by atoms with E-state index < -0.39 is 17.0 Å². The molecule has 1 aliphatic carbocycles. The van der Waals surface area contributed by atoms with Gasteiger partial charge in [-0.2, -0.15) is 5.26 Å². The van der Waals surface area contributed by atoms with Gasteiger partial charge in [-0.15, -0.1) is 5.10 Å². The third-order valence-corrected chi connectivity index (χ3v) is 7.06. The second kappa shape index (κ2) is 10.8. The Labute approximate surface area is 234 Å². The molecule has 0 aliphatic heterocycles. The van der Waals surface area contributed by atoms with E-state index in [1.807, 2.05) is 87.5 Å². The van der Waals surface area contributed by atoms with Crippen LogP contribution in [0, 0.1) is 11.3 Å². The van der Waals surface area contributed by atoms with E-state index in [1.54, 1.807) is 23.0 Å². The Morgan fingerprint density at radius 3 is 2.17 bits per heavy atom. The fourth-order valence-electron chi connectivity index (χ4n) is 4.76. The van der Waals surface area contributed by atoms with Crippen molar-refractivity contribution < 1.29 is 9.59 Å². The zero-order chi connectivity index (χ0) is 28.3. The van der Waals surface area contributed by atoms with Crippen molar-refractivity contribution in [2.24, 2.45) is 0 Å². The Morgan fingerprint density at radius 1 is 0.975 bits per heavy atom. The highest BCUT2D eigenvalue weighted by Crippen LogP contribution is 2.48. The van der Waals surface area contributed by atoms with Crippen LogP contribution >= 0.6 is 0 Å². The molecule has 0 bridgehead atoms. The lowest BCUT2D eigenvalue weighted by atomic mass is 9.94. The maximum atomic E-state index is 13.5. The summed E-state index contributed by atoms with van der Waals surface area (Å²) in [5.41, 5.74) is 3.99. The van der Waals surface area contributed by atoms with Gasteiger partial charge < -0.3 is 10.6 Å². The molecule has 3 aromatic carbocycles. The highest BCUT2D eigenvalue weighted by Gasteiger charge is 2.51. The third-order valence-electron chi connectivity index (χ3n) is 7.06. The molecule has 1 aromatic heterocycles. The zero-order valence-electron chi connectivity index (χ0n) is 22.9. The Morgan fingerprint density at radius 2 is 1.60 bits per heavy atom. The number of nitrogens with one attached hydrogen (secondary N) is 2. The van der Waals surface area contributed by atoms with Crippen LogP contribution in [0.15, 0.2) is 85.1 Å². The Hall–Kier alpha value is -4.77. The SMILES string of the molecule is CC(C)(C)NC(=O)C(Cc1cn(-c2ccc(-c3ccc(C#N)cc3)cc2)nn1)NC(=O)C1(c2ccccc2)CC1. The molecule has 4 aromatic rings. The average Bonchev–Trinajstić information content (AvgIpc) is 3.64. The van der Waals surface area contributed by atoms with Gasteiger partial charge in [0.25, 0.3) is 0 Å². The van der Waals surface area contributed by atoms with Gasteiger partial charge in [-0.1, -0.05) is 59.8 Å². The Kier molecular flexibility index (Phi) is 7.22. The average molecular weight is 533 g/mol. The quantitative estimate of drug-likeness (QED) is 0.347. The van der Waals surface area contributed by atoms with Crippen molar-refractivity contribution in [3.63, 3.8) is 0 Å².